The molecule has 0 atom stereocenters. The third kappa shape index (κ3) is 37.0. The Kier molecular flexibility index (Phi) is 67.0. The Hall–Kier alpha value is -2.18. The van der Waals surface area contributed by atoms with Gasteiger partial charge in [-0.3, -0.25) is 0 Å². The van der Waals surface area contributed by atoms with Crippen LogP contribution in [0.2, 0.25) is 0 Å². The molecule has 6 fully saturated rings. The fraction of sp³-hybridized carbons (Fsp3) is 0.603. The Labute approximate surface area is 837 Å². The van der Waals surface area contributed by atoms with Crippen LogP contribution in [0.4, 0.5) is 0 Å². The van der Waals surface area contributed by atoms with Gasteiger partial charge in [0.25, 0.3) is 0 Å². The molecule has 724 valence electrons. The summed E-state index contributed by atoms with van der Waals surface area (Å²) >= 11 is 0. The molecule has 6 saturated carbocycles. The summed E-state index contributed by atoms with van der Waals surface area (Å²) in [4.78, 5) is 0. The molecule has 0 saturated heterocycles. The van der Waals surface area contributed by atoms with Crippen LogP contribution in [0.25, 0.3) is 33.4 Å². The summed E-state index contributed by atoms with van der Waals surface area (Å²) in [6, 6.07) is 55.2. The first kappa shape index (κ1) is 127. The number of benzene rings is 7. The van der Waals surface area contributed by atoms with Crippen LogP contribution in [0.5, 0.6) is 0 Å². The van der Waals surface area contributed by atoms with Crippen LogP contribution in [-0.4, -0.2) is 34.0 Å². The van der Waals surface area contributed by atoms with Crippen molar-refractivity contribution in [2.24, 2.45) is 0 Å². The molecule has 7 aromatic carbocycles. The van der Waals surface area contributed by atoms with Crippen LogP contribution in [0.15, 0.2) is 140 Å². The molecule has 6 aliphatic carbocycles. The van der Waals surface area contributed by atoms with E-state index in [0.717, 1.165) is 34.0 Å². The maximum absolute atomic E-state index is 2.58. The number of hydrogen-bond donors (Lipinski definition) is 0. The Bertz CT molecular complexity index is 3440. The van der Waals surface area contributed by atoms with Gasteiger partial charge in [0.2, 0.25) is 0 Å². The number of unbranched alkanes of at least 4 members (excludes halogenated alkanes) is 1. The zero-order valence-electron chi connectivity index (χ0n) is 87.6. The normalized spacial score (nSPS) is 15.9. The summed E-state index contributed by atoms with van der Waals surface area (Å²) in [6.45, 7) is 53.8. The van der Waals surface area contributed by atoms with E-state index in [0.29, 0.717) is 53.3 Å². The van der Waals surface area contributed by atoms with Crippen LogP contribution in [0, 0.1) is 44.6 Å². The van der Waals surface area contributed by atoms with Crippen LogP contribution in [-0.2, 0) is 67.7 Å². The second kappa shape index (κ2) is 67.1. The largest absolute Gasteiger partial charge is 2.00 e. The van der Waals surface area contributed by atoms with Crippen molar-refractivity contribution in [1.29, 1.82) is 0 Å². The molecular weight excluding hydrogens is 1870 g/mol. The molecule has 0 aromatic heterocycles. The van der Waals surface area contributed by atoms with Gasteiger partial charge in [0, 0.05) is 40.5 Å². The van der Waals surface area contributed by atoms with Gasteiger partial charge in [-0.2, -0.15) is 0 Å². The van der Waals surface area contributed by atoms with Crippen LogP contribution >= 0.6 is 23.8 Å². The minimum Gasteiger partial charge on any atom is -0.358 e. The molecule has 0 heterocycles. The maximum atomic E-state index is 2.58. The van der Waals surface area contributed by atoms with E-state index in [1.165, 1.54) is 247 Å². The molecule has 0 amide bonds. The average molecular weight is 2070 g/mol. The first-order valence-corrected chi connectivity index (χ1v) is 55.3. The monoisotopic (exact) mass is 2060 g/mol. The summed E-state index contributed by atoms with van der Waals surface area (Å²) < 4.78 is 0. The van der Waals surface area contributed by atoms with E-state index in [9.17, 15) is 0 Å². The van der Waals surface area contributed by atoms with Crippen LogP contribution in [0.1, 0.15) is 486 Å². The minimum absolute atomic E-state index is 0. The minimum atomic E-state index is -0.610. The smallest absolute Gasteiger partial charge is 0.358 e. The third-order valence-corrected chi connectivity index (χ3v) is 40.0. The summed E-state index contributed by atoms with van der Waals surface area (Å²) in [6.07, 6.45) is 50.5. The van der Waals surface area contributed by atoms with Gasteiger partial charge in [-0.25, -0.2) is 0 Å². The fourth-order valence-corrected chi connectivity index (χ4v) is 34.6. The van der Waals surface area contributed by atoms with E-state index in [2.05, 4.69) is 299 Å². The Morgan fingerprint density at radius 3 is 0.559 bits per heavy atom. The second-order valence-electron chi connectivity index (χ2n) is 40.6. The van der Waals surface area contributed by atoms with Crippen molar-refractivity contribution in [2.75, 3.05) is 0 Å². The molecule has 0 bridgehead atoms. The van der Waals surface area contributed by atoms with E-state index < -0.39 is 23.8 Å². The average Bonchev–Trinajstić information content (AvgIpc) is 0.768. The molecule has 0 nitrogen and oxygen atoms in total. The van der Waals surface area contributed by atoms with Gasteiger partial charge in [-0.1, -0.05) is 345 Å². The zero-order valence-corrected chi connectivity index (χ0v) is 95.3. The van der Waals surface area contributed by atoms with Gasteiger partial charge in [0.1, 0.15) is 0 Å². The van der Waals surface area contributed by atoms with Gasteiger partial charge >= 0.3 is 61.3 Å². The first-order valence-electron chi connectivity index (χ1n) is 50.4. The topological polar surface area (TPSA) is 0 Å². The predicted molar refractivity (Wildman–Crippen MR) is 583 cm³/mol. The summed E-state index contributed by atoms with van der Waals surface area (Å²) in [5.41, 5.74) is 30.9. The Morgan fingerprint density at radius 1 is 0.228 bits per heavy atom. The number of aryl methyl sites for hydroxylation is 1. The molecule has 0 N–H and O–H groups in total. The van der Waals surface area contributed by atoms with Gasteiger partial charge in [-0.15, -0.1) is 0 Å². The first-order chi connectivity index (χ1) is 56.9. The van der Waals surface area contributed by atoms with Crippen LogP contribution < -0.4 is 15.9 Å². The molecule has 0 unspecified atom stereocenters. The molecule has 0 radical (unpaired) electrons. The van der Waals surface area contributed by atoms with Crippen molar-refractivity contribution in [3.05, 3.63) is 240 Å². The van der Waals surface area contributed by atoms with Gasteiger partial charge in [-0.05, 0) is 304 Å². The fourth-order valence-electron chi connectivity index (χ4n) is 21.4. The van der Waals surface area contributed by atoms with Crippen molar-refractivity contribution in [3.8, 4) is 33.4 Å². The summed E-state index contributed by atoms with van der Waals surface area (Å²) in [5, 5.41) is 5.35. The maximum Gasteiger partial charge on any atom is 2.00 e. The molecule has 0 spiro atoms. The molecule has 127 heavy (non-hydrogen) atoms. The standard InChI is InChI=1S/3C33H49P.C9H12.C4H10.C3H8.6CH3.3Pd/c3*1-23(2)26-21-30(24(3)4)33(31(22-26)25(5)6)29-19-13-14-20-32(29)34(27-15-9-7-10-16-27)28-17-11-8-12-18-28;1-2-6-9-7-4-3-5-8-9;1-3-4-2;1-3-2;;;;;;;;;/h3*13-14,19-25,27-28H,7-12,15-18H2,1-6H3;3-5,7-8H,2,6H2,1H3;3-4H2,1-2H3;3H2,1-2H3;6*1H3;;;/q;;;;;;6*-1;3*+2/p+3. The van der Waals surface area contributed by atoms with Crippen molar-refractivity contribution in [3.63, 3.8) is 0 Å². The SMILES string of the molecule is CC(C)c1cc(C(C)C)c(-c2ccccc2[PH+](C2CCCCC2)C2CCCCC2)c(C(C)C)c1.CC(C)c1cc(C(C)C)c(-c2ccccc2[PH+](C2CCCCC2)C2CCCCC2)c(C(C)C)c1.CC(C)c1cc(C(C)C)c(-c2ccccc2[PH+](C2CCCCC2)C2CCCCC2)c(C(C)C)c1.CCC.CCCC.CCCc1ccccc1.[CH3-].[CH3-].[CH3-].[CH3-].[CH3-].[CH3-].[Pd+2].[Pd+2].[Pd+2]. The Morgan fingerprint density at radius 2 is 0.402 bits per heavy atom. The van der Waals surface area contributed by atoms with Crippen molar-refractivity contribution < 1.29 is 61.3 Å². The predicted octanol–water partition coefficient (Wildman–Crippen LogP) is 39.2. The van der Waals surface area contributed by atoms with E-state index in [-0.39, 0.29) is 106 Å². The van der Waals surface area contributed by atoms with Crippen molar-refractivity contribution in [1.82, 2.24) is 0 Å². The second-order valence-corrected chi connectivity index (χ2v) is 49.8. The van der Waals surface area contributed by atoms with E-state index in [1.54, 1.807) is 82.7 Å². The van der Waals surface area contributed by atoms with E-state index in [4.69, 9.17) is 0 Å². The molecular formula is C121H198P3Pd3+3. The molecule has 13 rings (SSSR count). The molecule has 6 heteroatoms. The van der Waals surface area contributed by atoms with Crippen molar-refractivity contribution in [2.45, 2.75) is 471 Å². The number of hydrogen-bond acceptors (Lipinski definition) is 0. The Balaban J connectivity index is 0. The zero-order chi connectivity index (χ0) is 85.4. The molecule has 0 aliphatic heterocycles. The summed E-state index contributed by atoms with van der Waals surface area (Å²) in [5.74, 6) is 4.96. The molecule has 7 aromatic rings. The third-order valence-electron chi connectivity index (χ3n) is 28.1. The number of rotatable bonds is 24. The summed E-state index contributed by atoms with van der Waals surface area (Å²) in [7, 11) is -1.83. The van der Waals surface area contributed by atoms with Crippen LogP contribution in [0.3, 0.4) is 0 Å². The van der Waals surface area contributed by atoms with Gasteiger partial charge in [0.05, 0.1) is 49.9 Å². The van der Waals surface area contributed by atoms with Gasteiger partial charge < -0.3 is 44.6 Å². The van der Waals surface area contributed by atoms with Gasteiger partial charge in [0.15, 0.2) is 0 Å². The van der Waals surface area contributed by atoms with Crippen molar-refractivity contribution >= 4 is 39.7 Å². The quantitative estimate of drug-likeness (QED) is 0.0321. The molecule has 6 aliphatic rings. The van der Waals surface area contributed by atoms with E-state index in [1.807, 2.05) is 0 Å². The van der Waals surface area contributed by atoms with E-state index >= 15 is 0 Å².